The van der Waals surface area contributed by atoms with E-state index < -0.39 is 0 Å². The molecule has 3 aromatic rings. The van der Waals surface area contributed by atoms with Crippen LogP contribution >= 0.6 is 46.4 Å². The number of aryl methyl sites for hydroxylation is 2. The Kier molecular flexibility index (Phi) is 5.24. The third-order valence-electron chi connectivity index (χ3n) is 4.94. The SMILES string of the molecule is Cc1[nH]c(C)c([C@H]2[C@H](c3ccccn3)NC(=S)N2c2cc(Cl)ccc2O)c1I. The number of hydrogen-bond acceptors (Lipinski definition) is 3. The zero-order valence-electron chi connectivity index (χ0n) is 15.2. The molecule has 1 aromatic carbocycles. The first kappa shape index (κ1) is 19.5. The standard InChI is InChI=1S/C20H18ClIN4OS/c1-10-16(17(22)11(2)24-10)19-18(13-5-3-4-8-23-13)25-20(28)26(19)14-9-12(21)6-7-15(14)27/h3-9,18-19,24,27H,1-2H3,(H,25,28)/t18-,19-/m0/s1. The van der Waals surface area contributed by atoms with Gasteiger partial charge >= 0.3 is 0 Å². The van der Waals surface area contributed by atoms with E-state index in [0.717, 1.165) is 26.2 Å². The molecule has 1 saturated heterocycles. The summed E-state index contributed by atoms with van der Waals surface area (Å²) in [4.78, 5) is 9.92. The zero-order valence-corrected chi connectivity index (χ0v) is 18.9. The average Bonchev–Trinajstić information content (AvgIpc) is 3.13. The van der Waals surface area contributed by atoms with Crippen LogP contribution in [0.4, 0.5) is 5.69 Å². The van der Waals surface area contributed by atoms with Crippen LogP contribution in [0.25, 0.3) is 0 Å². The van der Waals surface area contributed by atoms with Gasteiger partial charge in [0.2, 0.25) is 0 Å². The van der Waals surface area contributed by atoms with Gasteiger partial charge in [-0.2, -0.15) is 0 Å². The molecule has 2 aromatic heterocycles. The molecule has 3 heterocycles. The second-order valence-electron chi connectivity index (χ2n) is 6.73. The molecule has 5 nitrogen and oxygen atoms in total. The van der Waals surface area contributed by atoms with Crippen LogP contribution in [0.15, 0.2) is 42.6 Å². The van der Waals surface area contributed by atoms with E-state index in [2.05, 4.69) is 51.7 Å². The lowest BCUT2D eigenvalue weighted by atomic mass is 9.96. The number of H-pyrrole nitrogens is 1. The van der Waals surface area contributed by atoms with E-state index in [4.69, 9.17) is 23.8 Å². The third-order valence-corrected chi connectivity index (χ3v) is 6.88. The number of pyridine rings is 1. The Balaban J connectivity index is 1.94. The number of nitrogens with one attached hydrogen (secondary N) is 2. The zero-order chi connectivity index (χ0) is 20.0. The van der Waals surface area contributed by atoms with Gasteiger partial charge in [0.1, 0.15) is 5.75 Å². The highest BCUT2D eigenvalue weighted by atomic mass is 127. The van der Waals surface area contributed by atoms with Gasteiger partial charge in [-0.1, -0.05) is 17.7 Å². The van der Waals surface area contributed by atoms with E-state index in [1.54, 1.807) is 24.4 Å². The summed E-state index contributed by atoms with van der Waals surface area (Å²) in [6, 6.07) is 10.5. The van der Waals surface area contributed by atoms with Crippen molar-refractivity contribution in [1.29, 1.82) is 0 Å². The van der Waals surface area contributed by atoms with Crippen LogP contribution in [0, 0.1) is 17.4 Å². The highest BCUT2D eigenvalue weighted by molar-refractivity contribution is 14.1. The molecular formula is C20H18ClIN4OS. The number of benzene rings is 1. The van der Waals surface area contributed by atoms with E-state index in [1.165, 1.54) is 0 Å². The number of anilines is 1. The Hall–Kier alpha value is -1.84. The predicted molar refractivity (Wildman–Crippen MR) is 124 cm³/mol. The van der Waals surface area contributed by atoms with Crippen molar-refractivity contribution in [3.63, 3.8) is 0 Å². The maximum atomic E-state index is 10.6. The molecular weight excluding hydrogens is 507 g/mol. The fraction of sp³-hybridized carbons (Fsp3) is 0.200. The molecule has 4 rings (SSSR count). The number of aromatic nitrogens is 2. The van der Waals surface area contributed by atoms with E-state index in [-0.39, 0.29) is 17.8 Å². The predicted octanol–water partition coefficient (Wildman–Crippen LogP) is 5.17. The van der Waals surface area contributed by atoms with Crippen molar-refractivity contribution in [3.05, 3.63) is 73.8 Å². The summed E-state index contributed by atoms with van der Waals surface area (Å²) in [5.41, 5.74) is 4.74. The summed E-state index contributed by atoms with van der Waals surface area (Å²) < 4.78 is 1.14. The molecule has 28 heavy (non-hydrogen) atoms. The molecule has 0 saturated carbocycles. The number of aromatic hydroxyl groups is 1. The smallest absolute Gasteiger partial charge is 0.174 e. The number of aromatic amines is 1. The van der Waals surface area contributed by atoms with Crippen molar-refractivity contribution in [1.82, 2.24) is 15.3 Å². The molecule has 0 amide bonds. The first-order chi connectivity index (χ1) is 13.4. The lowest BCUT2D eigenvalue weighted by Crippen LogP contribution is -2.30. The number of halogens is 2. The lowest BCUT2D eigenvalue weighted by molar-refractivity contribution is 0.472. The van der Waals surface area contributed by atoms with Crippen LogP contribution in [-0.4, -0.2) is 20.2 Å². The van der Waals surface area contributed by atoms with Crippen LogP contribution in [0.3, 0.4) is 0 Å². The maximum Gasteiger partial charge on any atom is 0.174 e. The number of nitrogens with zero attached hydrogens (tertiary/aromatic N) is 2. The Morgan fingerprint density at radius 1 is 1.21 bits per heavy atom. The average molecular weight is 525 g/mol. The van der Waals surface area contributed by atoms with Gasteiger partial charge in [-0.05, 0) is 79.0 Å². The van der Waals surface area contributed by atoms with Crippen LogP contribution in [0.5, 0.6) is 5.75 Å². The first-order valence-electron chi connectivity index (χ1n) is 8.72. The fourth-order valence-corrected chi connectivity index (χ4v) is 5.08. The Labute approximate surface area is 187 Å². The second kappa shape index (κ2) is 7.53. The lowest BCUT2D eigenvalue weighted by Gasteiger charge is -2.29. The fourth-order valence-electron chi connectivity index (χ4n) is 3.72. The van der Waals surface area contributed by atoms with Crippen LogP contribution in [-0.2, 0) is 0 Å². The van der Waals surface area contributed by atoms with Gasteiger partial charge in [0, 0.05) is 31.7 Å². The first-order valence-corrected chi connectivity index (χ1v) is 10.6. The molecule has 0 unspecified atom stereocenters. The highest BCUT2D eigenvalue weighted by Crippen LogP contribution is 2.47. The molecule has 0 radical (unpaired) electrons. The Morgan fingerprint density at radius 2 is 2.00 bits per heavy atom. The second-order valence-corrected chi connectivity index (χ2v) is 8.63. The molecule has 1 aliphatic rings. The Bertz CT molecular complexity index is 1060. The van der Waals surface area contributed by atoms with Gasteiger partial charge in [-0.25, -0.2) is 0 Å². The van der Waals surface area contributed by atoms with Crippen molar-refractivity contribution < 1.29 is 5.11 Å². The molecule has 2 atom stereocenters. The quantitative estimate of drug-likeness (QED) is 0.326. The largest absolute Gasteiger partial charge is 0.506 e. The van der Waals surface area contributed by atoms with Crippen LogP contribution in [0.1, 0.15) is 34.7 Å². The molecule has 0 spiro atoms. The molecule has 8 heteroatoms. The Morgan fingerprint density at radius 3 is 2.64 bits per heavy atom. The summed E-state index contributed by atoms with van der Waals surface area (Å²) in [6.07, 6.45) is 1.77. The minimum atomic E-state index is -0.191. The van der Waals surface area contributed by atoms with E-state index in [0.29, 0.717) is 15.8 Å². The number of phenolic OH excluding ortho intramolecular Hbond substituents is 1. The van der Waals surface area contributed by atoms with Crippen LogP contribution in [0.2, 0.25) is 5.02 Å². The van der Waals surface area contributed by atoms with E-state index >= 15 is 0 Å². The monoisotopic (exact) mass is 524 g/mol. The number of phenols is 1. The van der Waals surface area contributed by atoms with Gasteiger partial charge in [-0.15, -0.1) is 0 Å². The van der Waals surface area contributed by atoms with E-state index in [9.17, 15) is 5.11 Å². The van der Waals surface area contributed by atoms with Crippen molar-refractivity contribution in [2.75, 3.05) is 4.90 Å². The van der Waals surface area contributed by atoms with Gasteiger partial charge in [0.05, 0.1) is 23.5 Å². The van der Waals surface area contributed by atoms with E-state index in [1.807, 2.05) is 23.1 Å². The van der Waals surface area contributed by atoms with Gasteiger partial charge in [-0.3, -0.25) is 4.98 Å². The van der Waals surface area contributed by atoms with Crippen molar-refractivity contribution >= 4 is 57.2 Å². The molecule has 3 N–H and O–H groups in total. The summed E-state index contributed by atoms with van der Waals surface area (Å²) in [6.45, 7) is 4.10. The third kappa shape index (κ3) is 3.25. The van der Waals surface area contributed by atoms with Crippen molar-refractivity contribution in [2.45, 2.75) is 25.9 Å². The van der Waals surface area contributed by atoms with Gasteiger partial charge in [0.25, 0.3) is 0 Å². The number of hydrogen-bond donors (Lipinski definition) is 3. The van der Waals surface area contributed by atoms with Gasteiger partial charge < -0.3 is 20.3 Å². The topological polar surface area (TPSA) is 64.2 Å². The molecule has 0 bridgehead atoms. The summed E-state index contributed by atoms with van der Waals surface area (Å²) in [7, 11) is 0. The normalized spacial score (nSPS) is 19.1. The summed E-state index contributed by atoms with van der Waals surface area (Å²) in [5.74, 6) is 0.125. The van der Waals surface area contributed by atoms with Gasteiger partial charge in [0.15, 0.2) is 5.11 Å². The number of thiocarbonyl (C=S) groups is 1. The summed E-state index contributed by atoms with van der Waals surface area (Å²) >= 11 is 14.3. The summed E-state index contributed by atoms with van der Waals surface area (Å²) in [5, 5.41) is 15.0. The molecule has 1 aliphatic heterocycles. The minimum absolute atomic E-state index is 0.125. The van der Waals surface area contributed by atoms with Crippen molar-refractivity contribution in [3.8, 4) is 5.75 Å². The highest BCUT2D eigenvalue weighted by Gasteiger charge is 2.43. The van der Waals surface area contributed by atoms with Crippen molar-refractivity contribution in [2.24, 2.45) is 0 Å². The number of rotatable bonds is 3. The molecule has 144 valence electrons. The minimum Gasteiger partial charge on any atom is -0.506 e. The maximum absolute atomic E-state index is 10.6. The molecule has 0 aliphatic carbocycles. The molecule has 1 fully saturated rings. The van der Waals surface area contributed by atoms with Crippen LogP contribution < -0.4 is 10.2 Å².